The average Bonchev–Trinajstić information content (AvgIpc) is 2.86. The molecule has 0 aromatic heterocycles. The average molecular weight is 176 g/mol. The van der Waals surface area contributed by atoms with Crippen LogP contribution in [-0.2, 0) is 16.8 Å². The highest BCUT2D eigenvalue weighted by atomic mass is 16.6. The second kappa shape index (κ2) is 2.26. The van der Waals surface area contributed by atoms with Crippen molar-refractivity contribution in [2.75, 3.05) is 13.7 Å². The summed E-state index contributed by atoms with van der Waals surface area (Å²) >= 11 is 0. The summed E-state index contributed by atoms with van der Waals surface area (Å²) < 4.78 is 10.7. The Hall–Kier alpha value is -1.02. The standard InChI is InChI=1S/C11H12O2/c1-12-9-3-2-8-4-5-11(7-13-11)10(8)6-9/h2-3,6H,4-5,7H2,1H3. The highest BCUT2D eigenvalue weighted by molar-refractivity contribution is 5.45. The summed E-state index contributed by atoms with van der Waals surface area (Å²) in [6, 6.07) is 6.31. The molecule has 0 N–H and O–H groups in total. The molecule has 0 radical (unpaired) electrons. The fraction of sp³-hybridized carbons (Fsp3) is 0.455. The number of rotatable bonds is 1. The van der Waals surface area contributed by atoms with Gasteiger partial charge in [0.05, 0.1) is 13.7 Å². The number of ether oxygens (including phenoxy) is 2. The number of benzene rings is 1. The first-order valence-corrected chi connectivity index (χ1v) is 4.65. The van der Waals surface area contributed by atoms with E-state index in [0.717, 1.165) is 25.2 Å². The van der Waals surface area contributed by atoms with Gasteiger partial charge in [-0.05, 0) is 36.1 Å². The molecule has 1 unspecified atom stereocenters. The Kier molecular flexibility index (Phi) is 1.29. The quantitative estimate of drug-likeness (QED) is 0.609. The number of methoxy groups -OCH3 is 1. The van der Waals surface area contributed by atoms with Crippen LogP contribution in [0, 0.1) is 0 Å². The van der Waals surface area contributed by atoms with Gasteiger partial charge in [-0.2, -0.15) is 0 Å². The van der Waals surface area contributed by atoms with Crippen LogP contribution in [0.1, 0.15) is 17.5 Å². The molecular weight excluding hydrogens is 164 g/mol. The maximum Gasteiger partial charge on any atom is 0.119 e. The molecule has 13 heavy (non-hydrogen) atoms. The summed E-state index contributed by atoms with van der Waals surface area (Å²) in [4.78, 5) is 0. The normalized spacial score (nSPS) is 29.0. The third kappa shape index (κ3) is 0.923. The van der Waals surface area contributed by atoms with Crippen LogP contribution in [0.5, 0.6) is 5.75 Å². The van der Waals surface area contributed by atoms with E-state index in [1.165, 1.54) is 11.1 Å². The SMILES string of the molecule is COc1ccc2c(c1)C1(CC2)CO1. The Bertz CT molecular complexity index is 353. The second-order valence-corrected chi connectivity index (χ2v) is 3.81. The molecule has 1 spiro atoms. The first-order valence-electron chi connectivity index (χ1n) is 4.65. The molecule has 1 saturated heterocycles. The van der Waals surface area contributed by atoms with E-state index in [9.17, 15) is 0 Å². The van der Waals surface area contributed by atoms with Crippen molar-refractivity contribution in [1.29, 1.82) is 0 Å². The van der Waals surface area contributed by atoms with Gasteiger partial charge in [0.25, 0.3) is 0 Å². The van der Waals surface area contributed by atoms with E-state index in [4.69, 9.17) is 9.47 Å². The van der Waals surface area contributed by atoms with E-state index >= 15 is 0 Å². The molecule has 68 valence electrons. The third-order valence-corrected chi connectivity index (χ3v) is 3.10. The van der Waals surface area contributed by atoms with E-state index in [-0.39, 0.29) is 5.60 Å². The minimum Gasteiger partial charge on any atom is -0.497 e. The van der Waals surface area contributed by atoms with Gasteiger partial charge < -0.3 is 9.47 Å². The van der Waals surface area contributed by atoms with Crippen LogP contribution in [0.3, 0.4) is 0 Å². The van der Waals surface area contributed by atoms with Gasteiger partial charge in [0.15, 0.2) is 0 Å². The van der Waals surface area contributed by atoms with Crippen LogP contribution in [-0.4, -0.2) is 13.7 Å². The van der Waals surface area contributed by atoms with Gasteiger partial charge in [0.1, 0.15) is 11.4 Å². The van der Waals surface area contributed by atoms with Crippen molar-refractivity contribution < 1.29 is 9.47 Å². The first-order chi connectivity index (χ1) is 6.34. The van der Waals surface area contributed by atoms with Gasteiger partial charge in [0, 0.05) is 0 Å². The fourth-order valence-electron chi connectivity index (χ4n) is 2.18. The lowest BCUT2D eigenvalue weighted by Crippen LogP contribution is -2.02. The summed E-state index contributed by atoms with van der Waals surface area (Å²) in [5, 5.41) is 0. The van der Waals surface area contributed by atoms with Crippen LogP contribution in [0.15, 0.2) is 18.2 Å². The van der Waals surface area contributed by atoms with E-state index in [2.05, 4.69) is 12.1 Å². The minimum atomic E-state index is 0.0872. The Morgan fingerprint density at radius 2 is 2.31 bits per heavy atom. The molecule has 1 fully saturated rings. The molecule has 0 amide bonds. The monoisotopic (exact) mass is 176 g/mol. The molecule has 3 rings (SSSR count). The summed E-state index contributed by atoms with van der Waals surface area (Å²) in [7, 11) is 1.71. The highest BCUT2D eigenvalue weighted by Gasteiger charge is 2.50. The maximum atomic E-state index is 5.53. The Balaban J connectivity index is 2.12. The Morgan fingerprint density at radius 1 is 1.46 bits per heavy atom. The van der Waals surface area contributed by atoms with Crippen LogP contribution in [0.4, 0.5) is 0 Å². The van der Waals surface area contributed by atoms with E-state index < -0.39 is 0 Å². The summed E-state index contributed by atoms with van der Waals surface area (Å²) in [5.41, 5.74) is 2.87. The van der Waals surface area contributed by atoms with Gasteiger partial charge >= 0.3 is 0 Å². The van der Waals surface area contributed by atoms with Crippen molar-refractivity contribution in [3.05, 3.63) is 29.3 Å². The van der Waals surface area contributed by atoms with Gasteiger partial charge in [-0.1, -0.05) is 6.07 Å². The number of hydrogen-bond acceptors (Lipinski definition) is 2. The number of epoxide rings is 1. The number of hydrogen-bond donors (Lipinski definition) is 0. The Morgan fingerprint density at radius 3 is 3.00 bits per heavy atom. The zero-order valence-electron chi connectivity index (χ0n) is 7.67. The molecule has 1 aliphatic carbocycles. The molecule has 2 nitrogen and oxygen atoms in total. The molecule has 1 aromatic rings. The van der Waals surface area contributed by atoms with Gasteiger partial charge in [0.2, 0.25) is 0 Å². The van der Waals surface area contributed by atoms with Crippen molar-refractivity contribution in [2.24, 2.45) is 0 Å². The summed E-state index contributed by atoms with van der Waals surface area (Å²) in [5.74, 6) is 0.940. The minimum absolute atomic E-state index is 0.0872. The molecule has 2 heteroatoms. The first kappa shape index (κ1) is 7.39. The predicted molar refractivity (Wildman–Crippen MR) is 48.9 cm³/mol. The van der Waals surface area contributed by atoms with Crippen LogP contribution >= 0.6 is 0 Å². The lowest BCUT2D eigenvalue weighted by molar-refractivity contribution is 0.307. The van der Waals surface area contributed by atoms with Gasteiger partial charge in [-0.15, -0.1) is 0 Å². The second-order valence-electron chi connectivity index (χ2n) is 3.81. The summed E-state index contributed by atoms with van der Waals surface area (Å²) in [6.07, 6.45) is 2.30. The lowest BCUT2D eigenvalue weighted by atomic mass is 10.0. The zero-order chi connectivity index (χ0) is 8.89. The molecule has 1 heterocycles. The molecule has 1 atom stereocenters. The molecule has 0 saturated carbocycles. The van der Waals surface area contributed by atoms with Crippen molar-refractivity contribution in [3.63, 3.8) is 0 Å². The topological polar surface area (TPSA) is 21.8 Å². The molecule has 1 aliphatic heterocycles. The maximum absolute atomic E-state index is 5.53. The molecular formula is C11H12O2. The molecule has 1 aromatic carbocycles. The smallest absolute Gasteiger partial charge is 0.119 e. The number of aryl methyl sites for hydroxylation is 1. The van der Waals surface area contributed by atoms with Crippen LogP contribution < -0.4 is 4.74 Å². The Labute approximate surface area is 77.5 Å². The van der Waals surface area contributed by atoms with Crippen molar-refractivity contribution in [2.45, 2.75) is 18.4 Å². The predicted octanol–water partition coefficient (Wildman–Crippen LogP) is 1.87. The van der Waals surface area contributed by atoms with Crippen molar-refractivity contribution in [1.82, 2.24) is 0 Å². The van der Waals surface area contributed by atoms with E-state index in [1.807, 2.05) is 6.07 Å². The third-order valence-electron chi connectivity index (χ3n) is 3.10. The van der Waals surface area contributed by atoms with Gasteiger partial charge in [-0.3, -0.25) is 0 Å². The number of fused-ring (bicyclic) bond motifs is 2. The highest BCUT2D eigenvalue weighted by Crippen LogP contribution is 2.50. The lowest BCUT2D eigenvalue weighted by Gasteiger charge is -2.06. The van der Waals surface area contributed by atoms with E-state index in [0.29, 0.717) is 0 Å². The molecule has 0 bridgehead atoms. The van der Waals surface area contributed by atoms with Crippen molar-refractivity contribution in [3.8, 4) is 5.75 Å². The zero-order valence-corrected chi connectivity index (χ0v) is 7.67. The van der Waals surface area contributed by atoms with Crippen LogP contribution in [0.2, 0.25) is 0 Å². The largest absolute Gasteiger partial charge is 0.497 e. The van der Waals surface area contributed by atoms with Gasteiger partial charge in [-0.25, -0.2) is 0 Å². The van der Waals surface area contributed by atoms with Crippen molar-refractivity contribution >= 4 is 0 Å². The van der Waals surface area contributed by atoms with Crippen LogP contribution in [0.25, 0.3) is 0 Å². The van der Waals surface area contributed by atoms with E-state index in [1.54, 1.807) is 7.11 Å². The fourth-order valence-corrected chi connectivity index (χ4v) is 2.18. The molecule has 2 aliphatic rings. The summed E-state index contributed by atoms with van der Waals surface area (Å²) in [6.45, 7) is 0.896.